The molecule has 2 N–H and O–H groups in total. The largest absolute Gasteiger partial charge is 0.367 e. The lowest BCUT2D eigenvalue weighted by atomic mass is 9.98. The molecule has 9 nitrogen and oxygen atoms in total. The van der Waals surface area contributed by atoms with Crippen LogP contribution in [0, 0.1) is 0 Å². The zero-order valence-corrected chi connectivity index (χ0v) is 19.2. The van der Waals surface area contributed by atoms with Crippen LogP contribution < -0.4 is 10.4 Å². The molecule has 4 rings (SSSR count). The number of aromatic amines is 1. The quantitative estimate of drug-likeness (QED) is 0.344. The van der Waals surface area contributed by atoms with Crippen LogP contribution in [0.4, 0.5) is 5.82 Å². The standard InChI is InChI=1S/C25H27N7O2/c1-3-4-16-32(24-22(10-7-15-27-24)25(33)34-26-2)17-18-11-13-19(14-12-18)20-8-5-6-9-21(20)23-28-30-31-29-23/h5-15,26H,3-4,16-17H2,1-2H3,(H,28,29,30,31). The van der Waals surface area contributed by atoms with Gasteiger partial charge in [-0.25, -0.2) is 9.78 Å². The molecule has 0 amide bonds. The number of benzene rings is 2. The SMILES string of the molecule is CCCCN(Cc1ccc(-c2ccccc2-c2nn[nH]n2)cc1)c1ncccc1C(=O)ONC. The van der Waals surface area contributed by atoms with Crippen molar-refractivity contribution in [2.75, 3.05) is 18.5 Å². The molecule has 0 bridgehead atoms. The highest BCUT2D eigenvalue weighted by Gasteiger charge is 2.19. The first-order valence-corrected chi connectivity index (χ1v) is 11.2. The lowest BCUT2D eigenvalue weighted by molar-refractivity contribution is 0.0310. The Labute approximate surface area is 198 Å². The molecule has 0 spiro atoms. The van der Waals surface area contributed by atoms with Crippen LogP contribution in [-0.2, 0) is 11.4 Å². The maximum Gasteiger partial charge on any atom is 0.360 e. The van der Waals surface area contributed by atoms with Gasteiger partial charge >= 0.3 is 5.97 Å². The topological polar surface area (TPSA) is 109 Å². The number of rotatable bonds is 10. The minimum absolute atomic E-state index is 0.429. The molecule has 0 atom stereocenters. The van der Waals surface area contributed by atoms with E-state index in [1.807, 2.05) is 24.3 Å². The smallest absolute Gasteiger partial charge is 0.360 e. The van der Waals surface area contributed by atoms with Gasteiger partial charge in [0.05, 0.1) is 0 Å². The minimum atomic E-state index is -0.458. The average Bonchev–Trinajstić information content (AvgIpc) is 3.42. The Kier molecular flexibility index (Phi) is 7.56. The number of anilines is 1. The number of nitrogens with one attached hydrogen (secondary N) is 2. The van der Waals surface area contributed by atoms with E-state index < -0.39 is 5.97 Å². The van der Waals surface area contributed by atoms with Crippen molar-refractivity contribution in [3.63, 3.8) is 0 Å². The van der Waals surface area contributed by atoms with E-state index in [9.17, 15) is 4.79 Å². The number of H-pyrrole nitrogens is 1. The van der Waals surface area contributed by atoms with Crippen molar-refractivity contribution in [1.82, 2.24) is 31.1 Å². The Hall–Kier alpha value is -4.11. The summed E-state index contributed by atoms with van der Waals surface area (Å²) in [4.78, 5) is 24.1. The maximum atomic E-state index is 12.5. The number of pyridine rings is 1. The molecule has 0 saturated carbocycles. The fourth-order valence-corrected chi connectivity index (χ4v) is 3.78. The van der Waals surface area contributed by atoms with Crippen LogP contribution in [0.3, 0.4) is 0 Å². The van der Waals surface area contributed by atoms with Crippen LogP contribution in [0.5, 0.6) is 0 Å². The van der Waals surface area contributed by atoms with Crippen LogP contribution in [0.2, 0.25) is 0 Å². The third-order valence-electron chi connectivity index (χ3n) is 5.43. The first-order chi connectivity index (χ1) is 16.7. The minimum Gasteiger partial charge on any atom is -0.367 e. The number of tetrazole rings is 1. The van der Waals surface area contributed by atoms with Crippen LogP contribution in [-0.4, -0.2) is 45.2 Å². The number of carbonyl (C=O) groups excluding carboxylic acids is 1. The average molecular weight is 458 g/mol. The van der Waals surface area contributed by atoms with E-state index in [0.29, 0.717) is 23.8 Å². The Morgan fingerprint density at radius 3 is 2.56 bits per heavy atom. The van der Waals surface area contributed by atoms with Gasteiger partial charge in [-0.3, -0.25) is 0 Å². The van der Waals surface area contributed by atoms with Gasteiger partial charge in [-0.2, -0.15) is 10.7 Å². The van der Waals surface area contributed by atoms with Crippen molar-refractivity contribution in [3.05, 3.63) is 78.0 Å². The van der Waals surface area contributed by atoms with E-state index in [1.165, 1.54) is 0 Å². The highest BCUT2D eigenvalue weighted by Crippen LogP contribution is 2.30. The van der Waals surface area contributed by atoms with E-state index in [1.54, 1.807) is 25.4 Å². The van der Waals surface area contributed by atoms with Gasteiger partial charge in [0.25, 0.3) is 0 Å². The Bertz CT molecular complexity index is 1210. The predicted molar refractivity (Wildman–Crippen MR) is 130 cm³/mol. The molecule has 0 fully saturated rings. The fraction of sp³-hybridized carbons (Fsp3) is 0.240. The molecule has 34 heavy (non-hydrogen) atoms. The van der Waals surface area contributed by atoms with Gasteiger partial charge in [-0.15, -0.1) is 10.2 Å². The second-order valence-corrected chi connectivity index (χ2v) is 7.72. The van der Waals surface area contributed by atoms with E-state index in [2.05, 4.69) is 67.2 Å². The summed E-state index contributed by atoms with van der Waals surface area (Å²) in [5.74, 6) is 0.713. The Balaban J connectivity index is 1.60. The van der Waals surface area contributed by atoms with Crippen molar-refractivity contribution in [2.45, 2.75) is 26.3 Å². The highest BCUT2D eigenvalue weighted by molar-refractivity contribution is 5.94. The summed E-state index contributed by atoms with van der Waals surface area (Å²) in [6.07, 6.45) is 3.71. The number of carbonyl (C=O) groups is 1. The molecule has 2 aromatic heterocycles. The van der Waals surface area contributed by atoms with E-state index >= 15 is 0 Å². The Morgan fingerprint density at radius 1 is 1.06 bits per heavy atom. The van der Waals surface area contributed by atoms with Crippen molar-refractivity contribution in [3.8, 4) is 22.5 Å². The summed E-state index contributed by atoms with van der Waals surface area (Å²) in [5.41, 5.74) is 6.98. The second-order valence-electron chi connectivity index (χ2n) is 7.72. The predicted octanol–water partition coefficient (Wildman–Crippen LogP) is 4.03. The molecule has 0 saturated heterocycles. The molecule has 2 aromatic carbocycles. The first-order valence-electron chi connectivity index (χ1n) is 11.2. The summed E-state index contributed by atoms with van der Waals surface area (Å²) in [5, 5.41) is 14.4. The van der Waals surface area contributed by atoms with Crippen molar-refractivity contribution < 1.29 is 9.63 Å². The zero-order chi connectivity index (χ0) is 23.8. The van der Waals surface area contributed by atoms with Crippen LogP contribution in [0.25, 0.3) is 22.5 Å². The fourth-order valence-electron chi connectivity index (χ4n) is 3.78. The van der Waals surface area contributed by atoms with E-state index in [0.717, 1.165) is 41.6 Å². The van der Waals surface area contributed by atoms with Gasteiger partial charge in [-0.1, -0.05) is 61.9 Å². The van der Waals surface area contributed by atoms with Crippen LogP contribution >= 0.6 is 0 Å². The van der Waals surface area contributed by atoms with Gasteiger partial charge in [0.2, 0.25) is 5.82 Å². The summed E-state index contributed by atoms with van der Waals surface area (Å²) in [6.45, 7) is 3.53. The number of hydrogen-bond acceptors (Lipinski definition) is 8. The number of nitrogens with zero attached hydrogens (tertiary/aromatic N) is 5. The van der Waals surface area contributed by atoms with Crippen molar-refractivity contribution in [1.29, 1.82) is 0 Å². The van der Waals surface area contributed by atoms with Crippen molar-refractivity contribution >= 4 is 11.8 Å². The molecule has 174 valence electrons. The lowest BCUT2D eigenvalue weighted by Crippen LogP contribution is -2.28. The third kappa shape index (κ3) is 5.26. The molecule has 4 aromatic rings. The van der Waals surface area contributed by atoms with Gasteiger partial charge in [0.1, 0.15) is 11.4 Å². The molecule has 2 heterocycles. The number of hydrogen-bond donors (Lipinski definition) is 2. The highest BCUT2D eigenvalue weighted by atomic mass is 16.7. The summed E-state index contributed by atoms with van der Waals surface area (Å²) in [7, 11) is 1.56. The Morgan fingerprint density at radius 2 is 1.85 bits per heavy atom. The molecule has 9 heteroatoms. The van der Waals surface area contributed by atoms with Crippen LogP contribution in [0.15, 0.2) is 66.9 Å². The normalized spacial score (nSPS) is 10.8. The molecule has 0 aliphatic rings. The third-order valence-corrected chi connectivity index (χ3v) is 5.43. The summed E-state index contributed by atoms with van der Waals surface area (Å²) >= 11 is 0. The number of hydroxylamine groups is 1. The molecule has 0 aliphatic carbocycles. The maximum absolute atomic E-state index is 12.5. The van der Waals surface area contributed by atoms with Gasteiger partial charge < -0.3 is 9.74 Å². The van der Waals surface area contributed by atoms with Crippen LogP contribution in [0.1, 0.15) is 35.7 Å². The lowest BCUT2D eigenvalue weighted by Gasteiger charge is -2.25. The molecular formula is C25H27N7O2. The van der Waals surface area contributed by atoms with E-state index in [-0.39, 0.29) is 0 Å². The zero-order valence-electron chi connectivity index (χ0n) is 19.2. The van der Waals surface area contributed by atoms with Gasteiger partial charge in [-0.05, 0) is 40.5 Å². The molecular weight excluding hydrogens is 430 g/mol. The van der Waals surface area contributed by atoms with Gasteiger partial charge in [0.15, 0.2) is 0 Å². The number of aromatic nitrogens is 5. The van der Waals surface area contributed by atoms with Crippen molar-refractivity contribution in [2.24, 2.45) is 0 Å². The van der Waals surface area contributed by atoms with E-state index in [4.69, 9.17) is 4.84 Å². The summed E-state index contributed by atoms with van der Waals surface area (Å²) in [6, 6.07) is 19.8. The summed E-state index contributed by atoms with van der Waals surface area (Å²) < 4.78 is 0. The molecule has 0 unspecified atom stereocenters. The van der Waals surface area contributed by atoms with Gasteiger partial charge in [0, 0.05) is 31.9 Å². The molecule has 0 aliphatic heterocycles. The molecule has 0 radical (unpaired) electrons. The monoisotopic (exact) mass is 457 g/mol. The second kappa shape index (κ2) is 11.2. The first kappa shape index (κ1) is 23.1. The number of unbranched alkanes of at least 4 members (excludes halogenated alkanes) is 1.